The lowest BCUT2D eigenvalue weighted by atomic mass is 10.00. The zero-order valence-corrected chi connectivity index (χ0v) is 20.7. The summed E-state index contributed by atoms with van der Waals surface area (Å²) in [4.78, 5) is 2.25. The molecule has 0 atom stereocenters. The second-order valence-corrected chi connectivity index (χ2v) is 9.04. The van der Waals surface area contributed by atoms with Gasteiger partial charge in [0.05, 0.1) is 5.69 Å². The molecule has 0 saturated heterocycles. The Balaban J connectivity index is 1.38. The summed E-state index contributed by atoms with van der Waals surface area (Å²) in [7, 11) is 0.697. The van der Waals surface area contributed by atoms with Crippen LogP contribution in [-0.4, -0.2) is 12.7 Å². The molecule has 6 rings (SSSR count). The first-order chi connectivity index (χ1) is 18.8. The predicted octanol–water partition coefficient (Wildman–Crippen LogP) is 8.55. The molecule has 1 radical (unpaired) electrons. The highest BCUT2D eigenvalue weighted by molar-refractivity contribution is 6.17. The molecule has 0 aliphatic heterocycles. The quantitative estimate of drug-likeness (QED) is 0.228. The molecule has 4 heteroatoms. The maximum Gasteiger partial charge on any atom is 0.569 e. The van der Waals surface area contributed by atoms with Gasteiger partial charge in [0.1, 0.15) is 5.75 Å². The Labute approximate surface area is 223 Å². The van der Waals surface area contributed by atoms with Gasteiger partial charge in [0.25, 0.3) is 0 Å². The van der Waals surface area contributed by atoms with Gasteiger partial charge in [0.2, 0.25) is 0 Å². The van der Waals surface area contributed by atoms with E-state index in [0.717, 1.165) is 22.6 Å². The summed E-state index contributed by atoms with van der Waals surface area (Å²) in [6, 6.07) is 50.3. The second-order valence-electron chi connectivity index (χ2n) is 9.04. The van der Waals surface area contributed by atoms with E-state index in [4.69, 9.17) is 9.68 Å². The molecule has 0 saturated carbocycles. The van der Waals surface area contributed by atoms with Gasteiger partial charge in [-0.05, 0) is 70.1 Å². The highest BCUT2D eigenvalue weighted by atomic mass is 16.5. The van der Waals surface area contributed by atoms with Crippen LogP contribution in [0.15, 0.2) is 146 Å². The molecule has 1 N–H and O–H groups in total. The van der Waals surface area contributed by atoms with Gasteiger partial charge in [-0.15, -0.1) is 0 Å². The van der Waals surface area contributed by atoms with Gasteiger partial charge in [-0.2, -0.15) is 0 Å². The molecule has 0 heterocycles. The van der Waals surface area contributed by atoms with E-state index in [0.29, 0.717) is 13.4 Å². The maximum absolute atomic E-state index is 9.01. The summed E-state index contributed by atoms with van der Waals surface area (Å²) in [5.74, 6) is 0.573. The van der Waals surface area contributed by atoms with Gasteiger partial charge < -0.3 is 14.6 Å². The highest BCUT2D eigenvalue weighted by Gasteiger charge is 2.15. The summed E-state index contributed by atoms with van der Waals surface area (Å²) >= 11 is 0. The molecular formula is C34H25BNO2. The van der Waals surface area contributed by atoms with Crippen molar-refractivity contribution in [2.75, 3.05) is 4.90 Å². The summed E-state index contributed by atoms with van der Waals surface area (Å²) < 4.78 is 5.14. The molecule has 6 aromatic rings. The van der Waals surface area contributed by atoms with Gasteiger partial charge in [0.15, 0.2) is 0 Å². The molecule has 0 fully saturated rings. The minimum Gasteiger partial charge on any atom is -0.537 e. The molecule has 0 amide bonds. The van der Waals surface area contributed by atoms with E-state index in [9.17, 15) is 0 Å². The average Bonchev–Trinajstić information content (AvgIpc) is 2.99. The summed E-state index contributed by atoms with van der Waals surface area (Å²) in [6.07, 6.45) is 0. The van der Waals surface area contributed by atoms with E-state index >= 15 is 0 Å². The summed E-state index contributed by atoms with van der Waals surface area (Å²) in [6.45, 7) is 0. The van der Waals surface area contributed by atoms with E-state index in [-0.39, 0.29) is 0 Å². The minimum atomic E-state index is 0.573. The molecule has 0 bridgehead atoms. The third kappa shape index (κ3) is 4.78. The predicted molar refractivity (Wildman–Crippen MR) is 158 cm³/mol. The molecule has 3 nitrogen and oxygen atoms in total. The number of nitrogens with zero attached hydrogens (tertiary/aromatic N) is 1. The average molecular weight is 490 g/mol. The van der Waals surface area contributed by atoms with Crippen LogP contribution in [0.2, 0.25) is 0 Å². The van der Waals surface area contributed by atoms with E-state index in [2.05, 4.69) is 120 Å². The minimum absolute atomic E-state index is 0.573. The number of fused-ring (bicyclic) bond motifs is 1. The molecule has 0 aliphatic rings. The van der Waals surface area contributed by atoms with Crippen LogP contribution >= 0.6 is 0 Å². The first-order valence-electron chi connectivity index (χ1n) is 12.6. The van der Waals surface area contributed by atoms with Crippen LogP contribution in [0.1, 0.15) is 0 Å². The number of anilines is 3. The lowest BCUT2D eigenvalue weighted by Crippen LogP contribution is -2.10. The van der Waals surface area contributed by atoms with Crippen molar-refractivity contribution in [3.8, 4) is 28.0 Å². The van der Waals surface area contributed by atoms with Crippen molar-refractivity contribution in [1.82, 2.24) is 0 Å². The van der Waals surface area contributed by atoms with E-state index in [1.807, 2.05) is 30.3 Å². The molecule has 181 valence electrons. The van der Waals surface area contributed by atoms with Gasteiger partial charge in [0, 0.05) is 16.8 Å². The van der Waals surface area contributed by atoms with Gasteiger partial charge in [-0.1, -0.05) is 103 Å². The van der Waals surface area contributed by atoms with Crippen molar-refractivity contribution in [3.05, 3.63) is 146 Å². The van der Waals surface area contributed by atoms with Crippen molar-refractivity contribution in [3.63, 3.8) is 0 Å². The Morgan fingerprint density at radius 1 is 0.474 bits per heavy atom. The standard InChI is InChI=1S/C34H25BNO2/c37-35-38-32-23-21-31(22-24-32)36(34-12-6-10-29-9-4-5-11-33(29)34)30-19-17-28(18-20-30)27-15-13-26(14-16-27)25-7-2-1-3-8-25/h1-24,37H. The Morgan fingerprint density at radius 2 is 0.974 bits per heavy atom. The molecule has 0 unspecified atom stereocenters. The third-order valence-corrected chi connectivity index (χ3v) is 6.74. The van der Waals surface area contributed by atoms with Crippen LogP contribution in [0.3, 0.4) is 0 Å². The van der Waals surface area contributed by atoms with Crippen LogP contribution in [0.4, 0.5) is 17.1 Å². The monoisotopic (exact) mass is 490 g/mol. The van der Waals surface area contributed by atoms with E-state index < -0.39 is 0 Å². The first-order valence-corrected chi connectivity index (χ1v) is 12.6. The van der Waals surface area contributed by atoms with E-state index in [1.165, 1.54) is 27.5 Å². The van der Waals surface area contributed by atoms with Crippen LogP contribution in [-0.2, 0) is 0 Å². The zero-order valence-electron chi connectivity index (χ0n) is 20.7. The highest BCUT2D eigenvalue weighted by Crippen LogP contribution is 2.40. The van der Waals surface area contributed by atoms with Crippen molar-refractivity contribution < 1.29 is 9.68 Å². The van der Waals surface area contributed by atoms with Crippen LogP contribution in [0, 0.1) is 0 Å². The smallest absolute Gasteiger partial charge is 0.537 e. The molecule has 0 spiro atoms. The van der Waals surface area contributed by atoms with Crippen LogP contribution in [0.5, 0.6) is 5.75 Å². The fraction of sp³-hybridized carbons (Fsp3) is 0. The SMILES string of the molecule is O[B]Oc1ccc(N(c2ccc(-c3ccc(-c4ccccc4)cc3)cc2)c2cccc3ccccc23)cc1. The molecule has 0 aromatic heterocycles. The molecule has 38 heavy (non-hydrogen) atoms. The Morgan fingerprint density at radius 3 is 1.61 bits per heavy atom. The lowest BCUT2D eigenvalue weighted by Gasteiger charge is -2.27. The zero-order chi connectivity index (χ0) is 25.7. The summed E-state index contributed by atoms with van der Waals surface area (Å²) in [5.41, 5.74) is 7.89. The number of hydrogen-bond donors (Lipinski definition) is 1. The van der Waals surface area contributed by atoms with Crippen LogP contribution < -0.4 is 9.55 Å². The van der Waals surface area contributed by atoms with Crippen LogP contribution in [0.25, 0.3) is 33.0 Å². The number of hydrogen-bond acceptors (Lipinski definition) is 3. The van der Waals surface area contributed by atoms with Gasteiger partial charge in [-0.25, -0.2) is 0 Å². The molecule has 0 aliphatic carbocycles. The van der Waals surface area contributed by atoms with Crippen molar-refractivity contribution in [1.29, 1.82) is 0 Å². The third-order valence-electron chi connectivity index (χ3n) is 6.74. The number of benzene rings is 6. The fourth-order valence-corrected chi connectivity index (χ4v) is 4.85. The van der Waals surface area contributed by atoms with Gasteiger partial charge in [-0.3, -0.25) is 0 Å². The Hall–Kier alpha value is -4.80. The normalized spacial score (nSPS) is 10.8. The maximum atomic E-state index is 9.01. The molecule has 6 aromatic carbocycles. The lowest BCUT2D eigenvalue weighted by molar-refractivity contribution is 0.454. The first kappa shape index (κ1) is 23.6. The van der Waals surface area contributed by atoms with Crippen molar-refractivity contribution >= 4 is 35.5 Å². The Kier molecular flexibility index (Phi) is 6.63. The topological polar surface area (TPSA) is 32.7 Å². The molecular weight excluding hydrogens is 465 g/mol. The fourth-order valence-electron chi connectivity index (χ4n) is 4.85. The Bertz CT molecular complexity index is 1640. The van der Waals surface area contributed by atoms with Crippen molar-refractivity contribution in [2.45, 2.75) is 0 Å². The van der Waals surface area contributed by atoms with E-state index in [1.54, 1.807) is 0 Å². The summed E-state index contributed by atoms with van der Waals surface area (Å²) in [5, 5.41) is 11.4. The largest absolute Gasteiger partial charge is 0.569 e. The second kappa shape index (κ2) is 10.7. The van der Waals surface area contributed by atoms with Crippen molar-refractivity contribution in [2.24, 2.45) is 0 Å². The number of rotatable bonds is 7. The van der Waals surface area contributed by atoms with Gasteiger partial charge >= 0.3 is 7.69 Å².